The van der Waals surface area contributed by atoms with Crippen molar-refractivity contribution < 1.29 is 4.79 Å². The number of thioether (sulfide) groups is 1. The Kier molecular flexibility index (Phi) is 4.60. The van der Waals surface area contributed by atoms with E-state index in [-0.39, 0.29) is 5.91 Å². The summed E-state index contributed by atoms with van der Waals surface area (Å²) >= 11 is 1.48. The third-order valence-electron chi connectivity index (χ3n) is 2.81. The largest absolute Gasteiger partial charge is 0.348 e. The molecular formula is C13H19N3OS. The maximum Gasteiger partial charge on any atom is 0.232 e. The van der Waals surface area contributed by atoms with E-state index < -0.39 is 0 Å². The van der Waals surface area contributed by atoms with Gasteiger partial charge < -0.3 is 10.2 Å². The fourth-order valence-electron chi connectivity index (χ4n) is 1.42. The van der Waals surface area contributed by atoms with Crippen LogP contribution < -0.4 is 5.32 Å². The van der Waals surface area contributed by atoms with Crippen molar-refractivity contribution in [2.45, 2.75) is 30.5 Å². The Balaban J connectivity index is 1.77. The number of carbonyl (C=O) groups excluding carboxylic acids is 1. The van der Waals surface area contributed by atoms with Gasteiger partial charge in [0.05, 0.1) is 10.8 Å². The van der Waals surface area contributed by atoms with Crippen LogP contribution in [0.4, 0.5) is 0 Å². The number of hydrogen-bond acceptors (Lipinski definition) is 4. The summed E-state index contributed by atoms with van der Waals surface area (Å²) < 4.78 is 0. The van der Waals surface area contributed by atoms with E-state index in [4.69, 9.17) is 0 Å². The Morgan fingerprint density at radius 3 is 2.83 bits per heavy atom. The number of pyridine rings is 1. The quantitative estimate of drug-likeness (QED) is 0.792. The standard InChI is InChI=1S/C13H19N3OS/c1-16(2)13(17)9-18-12-6-3-10(8-15-12)7-14-11-4-5-11/h3,6,8,11,14H,4-5,7,9H2,1-2H3. The molecule has 98 valence electrons. The zero-order valence-electron chi connectivity index (χ0n) is 10.8. The Morgan fingerprint density at radius 2 is 2.28 bits per heavy atom. The van der Waals surface area contributed by atoms with Crippen LogP contribution in [0, 0.1) is 0 Å². The number of rotatable bonds is 6. The van der Waals surface area contributed by atoms with Crippen molar-refractivity contribution in [2.75, 3.05) is 19.8 Å². The van der Waals surface area contributed by atoms with E-state index in [1.165, 1.54) is 30.2 Å². The van der Waals surface area contributed by atoms with Gasteiger partial charge in [0.2, 0.25) is 5.91 Å². The molecule has 1 aliphatic rings. The molecule has 1 fully saturated rings. The van der Waals surface area contributed by atoms with Crippen LogP contribution in [0.25, 0.3) is 0 Å². The predicted molar refractivity (Wildman–Crippen MR) is 73.5 cm³/mol. The van der Waals surface area contributed by atoms with Crippen LogP contribution in [0.15, 0.2) is 23.4 Å². The lowest BCUT2D eigenvalue weighted by molar-refractivity contribution is -0.125. The van der Waals surface area contributed by atoms with E-state index in [9.17, 15) is 4.79 Å². The highest BCUT2D eigenvalue weighted by atomic mass is 32.2. The minimum atomic E-state index is 0.112. The van der Waals surface area contributed by atoms with Crippen LogP contribution in [-0.2, 0) is 11.3 Å². The van der Waals surface area contributed by atoms with Gasteiger partial charge in [-0.3, -0.25) is 4.79 Å². The molecule has 18 heavy (non-hydrogen) atoms. The normalized spacial score (nSPS) is 14.6. The number of nitrogens with one attached hydrogen (secondary N) is 1. The Bertz CT molecular complexity index is 401. The van der Waals surface area contributed by atoms with E-state index in [2.05, 4.69) is 16.4 Å². The molecule has 1 aliphatic carbocycles. The molecule has 0 aliphatic heterocycles. The number of aromatic nitrogens is 1. The van der Waals surface area contributed by atoms with Gasteiger partial charge in [-0.05, 0) is 24.5 Å². The summed E-state index contributed by atoms with van der Waals surface area (Å²) in [4.78, 5) is 17.4. The molecule has 1 N–H and O–H groups in total. The average molecular weight is 265 g/mol. The van der Waals surface area contributed by atoms with Crippen molar-refractivity contribution in [3.63, 3.8) is 0 Å². The SMILES string of the molecule is CN(C)C(=O)CSc1ccc(CNC2CC2)cn1. The number of amides is 1. The molecule has 1 heterocycles. The molecule has 0 atom stereocenters. The number of nitrogens with zero attached hydrogens (tertiary/aromatic N) is 2. The highest BCUT2D eigenvalue weighted by molar-refractivity contribution is 7.99. The first-order valence-corrected chi connectivity index (χ1v) is 7.15. The van der Waals surface area contributed by atoms with Crippen molar-refractivity contribution >= 4 is 17.7 Å². The zero-order chi connectivity index (χ0) is 13.0. The zero-order valence-corrected chi connectivity index (χ0v) is 11.7. The van der Waals surface area contributed by atoms with Crippen LogP contribution in [0.5, 0.6) is 0 Å². The topological polar surface area (TPSA) is 45.2 Å². The summed E-state index contributed by atoms with van der Waals surface area (Å²) in [7, 11) is 3.53. The first-order chi connectivity index (χ1) is 8.65. The molecule has 5 heteroatoms. The van der Waals surface area contributed by atoms with E-state index in [1.54, 1.807) is 19.0 Å². The van der Waals surface area contributed by atoms with Crippen LogP contribution in [0.1, 0.15) is 18.4 Å². The van der Waals surface area contributed by atoms with Crippen LogP contribution in [0.3, 0.4) is 0 Å². The van der Waals surface area contributed by atoms with E-state index in [1.807, 2.05) is 12.3 Å². The lowest BCUT2D eigenvalue weighted by Gasteiger charge is -2.09. The molecule has 0 unspecified atom stereocenters. The highest BCUT2D eigenvalue weighted by Gasteiger charge is 2.19. The Morgan fingerprint density at radius 1 is 1.50 bits per heavy atom. The second kappa shape index (κ2) is 6.20. The molecule has 4 nitrogen and oxygen atoms in total. The summed E-state index contributed by atoms with van der Waals surface area (Å²) in [6.45, 7) is 0.888. The second-order valence-corrected chi connectivity index (χ2v) is 5.73. The van der Waals surface area contributed by atoms with Crippen LogP contribution in [-0.4, -0.2) is 41.7 Å². The number of hydrogen-bond donors (Lipinski definition) is 1. The lowest BCUT2D eigenvalue weighted by atomic mass is 10.3. The van der Waals surface area contributed by atoms with Gasteiger partial charge in [0.15, 0.2) is 0 Å². The molecule has 0 bridgehead atoms. The van der Waals surface area contributed by atoms with Gasteiger partial charge in [-0.1, -0.05) is 17.8 Å². The Hall–Kier alpha value is -1.07. The van der Waals surface area contributed by atoms with E-state index >= 15 is 0 Å². The summed E-state index contributed by atoms with van der Waals surface area (Å²) in [5.41, 5.74) is 1.20. The minimum absolute atomic E-state index is 0.112. The lowest BCUT2D eigenvalue weighted by Crippen LogP contribution is -2.23. The first-order valence-electron chi connectivity index (χ1n) is 6.16. The molecule has 0 spiro atoms. The maximum absolute atomic E-state index is 11.4. The van der Waals surface area contributed by atoms with E-state index in [0.29, 0.717) is 5.75 Å². The molecular weight excluding hydrogens is 246 g/mol. The molecule has 0 radical (unpaired) electrons. The smallest absolute Gasteiger partial charge is 0.232 e. The maximum atomic E-state index is 11.4. The molecule has 1 amide bonds. The summed E-state index contributed by atoms with van der Waals surface area (Å²) in [5.74, 6) is 0.556. The second-order valence-electron chi connectivity index (χ2n) is 4.74. The fourth-order valence-corrected chi connectivity index (χ4v) is 2.24. The molecule has 0 saturated heterocycles. The van der Waals surface area contributed by atoms with Gasteiger partial charge in [0, 0.05) is 32.9 Å². The number of carbonyl (C=O) groups is 1. The molecule has 1 aromatic rings. The molecule has 1 aromatic heterocycles. The van der Waals surface area contributed by atoms with Gasteiger partial charge in [-0.15, -0.1) is 0 Å². The van der Waals surface area contributed by atoms with Crippen LogP contribution >= 0.6 is 11.8 Å². The Labute approximate surface area is 112 Å². The van der Waals surface area contributed by atoms with Crippen LogP contribution in [0.2, 0.25) is 0 Å². The third-order valence-corrected chi connectivity index (χ3v) is 3.74. The first kappa shape index (κ1) is 13.4. The average Bonchev–Trinajstić information content (AvgIpc) is 3.18. The van der Waals surface area contributed by atoms with Crippen molar-refractivity contribution in [1.29, 1.82) is 0 Å². The van der Waals surface area contributed by atoms with Crippen molar-refractivity contribution in [3.8, 4) is 0 Å². The molecule has 0 aromatic carbocycles. The monoisotopic (exact) mass is 265 g/mol. The van der Waals surface area contributed by atoms with Crippen molar-refractivity contribution in [1.82, 2.24) is 15.2 Å². The predicted octanol–water partition coefficient (Wildman–Crippen LogP) is 1.51. The third kappa shape index (κ3) is 4.31. The van der Waals surface area contributed by atoms with Crippen molar-refractivity contribution in [3.05, 3.63) is 23.9 Å². The van der Waals surface area contributed by atoms with Gasteiger partial charge in [0.1, 0.15) is 0 Å². The molecule has 1 saturated carbocycles. The van der Waals surface area contributed by atoms with Gasteiger partial charge in [0.25, 0.3) is 0 Å². The van der Waals surface area contributed by atoms with E-state index in [0.717, 1.165) is 17.6 Å². The van der Waals surface area contributed by atoms with Crippen molar-refractivity contribution in [2.24, 2.45) is 0 Å². The summed E-state index contributed by atoms with van der Waals surface area (Å²) in [6, 6.07) is 4.78. The summed E-state index contributed by atoms with van der Waals surface area (Å²) in [6.07, 6.45) is 4.49. The minimum Gasteiger partial charge on any atom is -0.348 e. The van der Waals surface area contributed by atoms with Gasteiger partial charge >= 0.3 is 0 Å². The van der Waals surface area contributed by atoms with Gasteiger partial charge in [-0.25, -0.2) is 4.98 Å². The fraction of sp³-hybridized carbons (Fsp3) is 0.538. The van der Waals surface area contributed by atoms with Gasteiger partial charge in [-0.2, -0.15) is 0 Å². The molecule has 2 rings (SSSR count). The highest BCUT2D eigenvalue weighted by Crippen LogP contribution is 2.20. The summed E-state index contributed by atoms with van der Waals surface area (Å²) in [5, 5.41) is 4.35.